The monoisotopic (exact) mass is 301 g/mol. The summed E-state index contributed by atoms with van der Waals surface area (Å²) in [7, 11) is 0. The fourth-order valence-electron chi connectivity index (χ4n) is 2.70. The molecular weight excluding hydrogens is 282 g/mol. The molecule has 16 heavy (non-hydrogen) atoms. The van der Waals surface area contributed by atoms with Crippen molar-refractivity contribution in [3.8, 4) is 0 Å². The molecular formula is C13H20BrNS. The fourth-order valence-corrected chi connectivity index (χ4v) is 4.26. The first kappa shape index (κ1) is 12.6. The van der Waals surface area contributed by atoms with Crippen LogP contribution in [0.3, 0.4) is 0 Å². The van der Waals surface area contributed by atoms with E-state index in [2.05, 4.69) is 39.6 Å². The van der Waals surface area contributed by atoms with Crippen LogP contribution in [0.2, 0.25) is 0 Å². The Labute approximate surface area is 111 Å². The largest absolute Gasteiger partial charge is 0.314 e. The SMILES string of the molecule is CCNC1CCCC(Cc2cc(Br)cs2)C1. The molecule has 1 aromatic rings. The van der Waals surface area contributed by atoms with E-state index in [9.17, 15) is 0 Å². The highest BCUT2D eigenvalue weighted by Gasteiger charge is 2.21. The minimum absolute atomic E-state index is 0.771. The molecule has 2 rings (SSSR count). The molecule has 0 aromatic carbocycles. The molecule has 1 aliphatic carbocycles. The Morgan fingerprint density at radius 3 is 3.06 bits per heavy atom. The average molecular weight is 302 g/mol. The van der Waals surface area contributed by atoms with E-state index in [0.717, 1.165) is 18.5 Å². The summed E-state index contributed by atoms with van der Waals surface area (Å²) in [5, 5.41) is 5.79. The van der Waals surface area contributed by atoms with Gasteiger partial charge in [0.25, 0.3) is 0 Å². The molecule has 1 fully saturated rings. The fraction of sp³-hybridized carbons (Fsp3) is 0.692. The van der Waals surface area contributed by atoms with E-state index in [1.165, 1.54) is 41.5 Å². The highest BCUT2D eigenvalue weighted by atomic mass is 79.9. The Bertz CT molecular complexity index is 321. The van der Waals surface area contributed by atoms with E-state index in [1.54, 1.807) is 0 Å². The second-order valence-corrected chi connectivity index (χ2v) is 6.63. The Balaban J connectivity index is 1.85. The molecule has 1 heterocycles. The quantitative estimate of drug-likeness (QED) is 0.878. The van der Waals surface area contributed by atoms with Gasteiger partial charge in [-0.1, -0.05) is 13.3 Å². The van der Waals surface area contributed by atoms with Crippen LogP contribution in [0.25, 0.3) is 0 Å². The van der Waals surface area contributed by atoms with Gasteiger partial charge in [0.1, 0.15) is 0 Å². The molecule has 1 aliphatic rings. The van der Waals surface area contributed by atoms with E-state index >= 15 is 0 Å². The van der Waals surface area contributed by atoms with Gasteiger partial charge in [0.05, 0.1) is 0 Å². The molecule has 90 valence electrons. The third kappa shape index (κ3) is 3.57. The van der Waals surface area contributed by atoms with Crippen molar-refractivity contribution in [3.05, 3.63) is 20.8 Å². The lowest BCUT2D eigenvalue weighted by atomic mass is 9.83. The van der Waals surface area contributed by atoms with Crippen LogP contribution < -0.4 is 5.32 Å². The molecule has 1 saturated carbocycles. The van der Waals surface area contributed by atoms with Gasteiger partial charge in [0, 0.05) is 20.8 Å². The molecule has 0 spiro atoms. The molecule has 1 nitrogen and oxygen atoms in total. The van der Waals surface area contributed by atoms with Gasteiger partial charge in [-0.15, -0.1) is 11.3 Å². The standard InChI is InChI=1S/C13H20BrNS/c1-2-15-12-5-3-4-10(6-12)7-13-8-11(14)9-16-13/h8-10,12,15H,2-7H2,1H3. The molecule has 0 amide bonds. The van der Waals surface area contributed by atoms with Gasteiger partial charge in [-0.2, -0.15) is 0 Å². The third-order valence-electron chi connectivity index (χ3n) is 3.39. The van der Waals surface area contributed by atoms with Crippen LogP contribution in [0.4, 0.5) is 0 Å². The first-order valence-electron chi connectivity index (χ1n) is 6.24. The van der Waals surface area contributed by atoms with E-state index < -0.39 is 0 Å². The Kier molecular flexibility index (Phi) is 4.86. The van der Waals surface area contributed by atoms with E-state index in [4.69, 9.17) is 0 Å². The summed E-state index contributed by atoms with van der Waals surface area (Å²) in [6.45, 7) is 3.32. The lowest BCUT2D eigenvalue weighted by molar-refractivity contribution is 0.288. The summed E-state index contributed by atoms with van der Waals surface area (Å²) in [4.78, 5) is 1.54. The van der Waals surface area contributed by atoms with Crippen molar-refractivity contribution in [2.45, 2.75) is 45.1 Å². The van der Waals surface area contributed by atoms with Crippen molar-refractivity contribution < 1.29 is 0 Å². The molecule has 0 aliphatic heterocycles. The summed E-state index contributed by atoms with van der Waals surface area (Å²) < 4.78 is 1.24. The second kappa shape index (κ2) is 6.18. The van der Waals surface area contributed by atoms with Crippen LogP contribution in [0, 0.1) is 5.92 Å². The van der Waals surface area contributed by atoms with E-state index in [1.807, 2.05) is 11.3 Å². The highest BCUT2D eigenvalue weighted by Crippen LogP contribution is 2.30. The Morgan fingerprint density at radius 2 is 2.38 bits per heavy atom. The summed E-state index contributed by atoms with van der Waals surface area (Å²) in [6.07, 6.45) is 6.83. The van der Waals surface area contributed by atoms with E-state index in [-0.39, 0.29) is 0 Å². The van der Waals surface area contributed by atoms with Gasteiger partial charge in [-0.3, -0.25) is 0 Å². The van der Waals surface area contributed by atoms with Gasteiger partial charge >= 0.3 is 0 Å². The van der Waals surface area contributed by atoms with Crippen molar-refractivity contribution >= 4 is 27.3 Å². The zero-order valence-corrected chi connectivity index (χ0v) is 12.2. The molecule has 3 heteroatoms. The lowest BCUT2D eigenvalue weighted by Gasteiger charge is -2.29. The van der Waals surface area contributed by atoms with Crippen LogP contribution in [0.15, 0.2) is 15.9 Å². The normalized spacial score (nSPS) is 25.9. The Morgan fingerprint density at radius 1 is 1.50 bits per heavy atom. The number of rotatable bonds is 4. The number of halogens is 1. The predicted octanol–water partition coefficient (Wildman–Crippen LogP) is 4.22. The van der Waals surface area contributed by atoms with Crippen molar-refractivity contribution in [1.82, 2.24) is 5.32 Å². The van der Waals surface area contributed by atoms with Crippen LogP contribution >= 0.6 is 27.3 Å². The van der Waals surface area contributed by atoms with Crippen LogP contribution in [-0.4, -0.2) is 12.6 Å². The summed E-state index contributed by atoms with van der Waals surface area (Å²) in [5.74, 6) is 0.892. The first-order valence-corrected chi connectivity index (χ1v) is 7.91. The molecule has 1 aromatic heterocycles. The zero-order valence-electron chi connectivity index (χ0n) is 9.84. The summed E-state index contributed by atoms with van der Waals surface area (Å²) >= 11 is 5.42. The molecule has 1 N–H and O–H groups in total. The van der Waals surface area contributed by atoms with Crippen molar-refractivity contribution in [2.24, 2.45) is 5.92 Å². The van der Waals surface area contributed by atoms with Crippen LogP contribution in [-0.2, 0) is 6.42 Å². The highest BCUT2D eigenvalue weighted by molar-refractivity contribution is 9.10. The first-order chi connectivity index (χ1) is 7.78. The van der Waals surface area contributed by atoms with E-state index in [0.29, 0.717) is 0 Å². The number of hydrogen-bond acceptors (Lipinski definition) is 2. The smallest absolute Gasteiger partial charge is 0.0285 e. The predicted molar refractivity (Wildman–Crippen MR) is 75.1 cm³/mol. The van der Waals surface area contributed by atoms with Gasteiger partial charge in [-0.05, 0) is 60.1 Å². The molecule has 2 atom stereocenters. The molecule has 2 unspecified atom stereocenters. The van der Waals surface area contributed by atoms with Gasteiger partial charge in [-0.25, -0.2) is 0 Å². The number of hydrogen-bond donors (Lipinski definition) is 1. The molecule has 0 saturated heterocycles. The van der Waals surface area contributed by atoms with Crippen molar-refractivity contribution in [2.75, 3.05) is 6.54 Å². The van der Waals surface area contributed by atoms with Crippen LogP contribution in [0.5, 0.6) is 0 Å². The number of thiophene rings is 1. The average Bonchev–Trinajstić information content (AvgIpc) is 2.65. The van der Waals surface area contributed by atoms with Gasteiger partial charge in [0.15, 0.2) is 0 Å². The van der Waals surface area contributed by atoms with Crippen LogP contribution in [0.1, 0.15) is 37.5 Å². The summed E-state index contributed by atoms with van der Waals surface area (Å²) in [6, 6.07) is 3.05. The van der Waals surface area contributed by atoms with Crippen molar-refractivity contribution in [1.29, 1.82) is 0 Å². The zero-order chi connectivity index (χ0) is 11.4. The lowest BCUT2D eigenvalue weighted by Crippen LogP contribution is -2.34. The maximum atomic E-state index is 3.60. The van der Waals surface area contributed by atoms with Gasteiger partial charge in [0.2, 0.25) is 0 Å². The minimum atomic E-state index is 0.771. The van der Waals surface area contributed by atoms with Gasteiger partial charge < -0.3 is 5.32 Å². The maximum Gasteiger partial charge on any atom is 0.0285 e. The minimum Gasteiger partial charge on any atom is -0.314 e. The summed E-state index contributed by atoms with van der Waals surface area (Å²) in [5.41, 5.74) is 0. The Hall–Kier alpha value is 0.140. The number of nitrogens with one attached hydrogen (secondary N) is 1. The third-order valence-corrected chi connectivity index (χ3v) is 5.11. The second-order valence-electron chi connectivity index (χ2n) is 4.72. The topological polar surface area (TPSA) is 12.0 Å². The van der Waals surface area contributed by atoms with Crippen molar-refractivity contribution in [3.63, 3.8) is 0 Å². The molecule has 0 radical (unpaired) electrons. The molecule has 0 bridgehead atoms. The maximum absolute atomic E-state index is 3.60.